The minimum atomic E-state index is -4.45. The zero-order valence-corrected chi connectivity index (χ0v) is 31.1. The van der Waals surface area contributed by atoms with E-state index in [1.165, 1.54) is 35.2 Å². The molecule has 1 aromatic heterocycles. The normalized spacial score (nSPS) is 11.8. The number of hydrogen-bond donors (Lipinski definition) is 0. The molecular formula is C41H40F5N3O4S. The van der Waals surface area contributed by atoms with Crippen molar-refractivity contribution >= 4 is 34.7 Å². The molecular weight excluding hydrogens is 726 g/mol. The Morgan fingerprint density at radius 1 is 0.815 bits per heavy atom. The zero-order chi connectivity index (χ0) is 39.2. The summed E-state index contributed by atoms with van der Waals surface area (Å²) in [5, 5.41) is 0.750. The van der Waals surface area contributed by atoms with Gasteiger partial charge in [0.25, 0.3) is 0 Å². The smallest absolute Gasteiger partial charge is 0.416 e. The molecule has 7 nitrogen and oxygen atoms in total. The molecule has 5 rings (SSSR count). The number of nitrogens with zero attached hydrogens (tertiary/aromatic N) is 3. The van der Waals surface area contributed by atoms with E-state index in [2.05, 4.69) is 0 Å². The minimum Gasteiger partial charge on any atom is -0.444 e. The van der Waals surface area contributed by atoms with Crippen molar-refractivity contribution in [2.24, 2.45) is 0 Å². The maximum Gasteiger partial charge on any atom is 0.416 e. The van der Waals surface area contributed by atoms with Gasteiger partial charge in [-0.15, -0.1) is 11.8 Å². The van der Waals surface area contributed by atoms with E-state index in [4.69, 9.17) is 4.74 Å². The van der Waals surface area contributed by atoms with Crippen molar-refractivity contribution < 1.29 is 36.3 Å². The van der Waals surface area contributed by atoms with Crippen LogP contribution in [0.15, 0.2) is 107 Å². The fourth-order valence-corrected chi connectivity index (χ4v) is 6.78. The fourth-order valence-electron chi connectivity index (χ4n) is 5.75. The molecule has 0 N–H and O–H groups in total. The van der Waals surface area contributed by atoms with Gasteiger partial charge in [-0.25, -0.2) is 13.6 Å². The van der Waals surface area contributed by atoms with E-state index in [0.29, 0.717) is 33.6 Å². The highest BCUT2D eigenvalue weighted by atomic mass is 32.2. The fraction of sp³-hybridized carbons (Fsp3) is 0.293. The van der Waals surface area contributed by atoms with Gasteiger partial charge in [-0.05, 0) is 74.7 Å². The number of fused-ring (bicyclic) bond motifs is 1. The van der Waals surface area contributed by atoms with Crippen molar-refractivity contribution in [3.63, 3.8) is 0 Å². The van der Waals surface area contributed by atoms with E-state index in [0.717, 1.165) is 35.5 Å². The van der Waals surface area contributed by atoms with Gasteiger partial charge < -0.3 is 19.1 Å². The summed E-state index contributed by atoms with van der Waals surface area (Å²) >= 11 is 1.10. The number of halogens is 5. The van der Waals surface area contributed by atoms with Crippen molar-refractivity contribution in [3.8, 4) is 11.1 Å². The Labute approximate surface area is 314 Å². The Kier molecular flexibility index (Phi) is 12.5. The Balaban J connectivity index is 1.45. The van der Waals surface area contributed by atoms with E-state index >= 15 is 0 Å². The van der Waals surface area contributed by atoms with Gasteiger partial charge in [-0.1, -0.05) is 60.7 Å². The number of para-hydroxylation sites is 1. The number of pyridine rings is 1. The van der Waals surface area contributed by atoms with E-state index in [-0.39, 0.29) is 48.8 Å². The Morgan fingerprint density at radius 2 is 1.44 bits per heavy atom. The SMILES string of the molecule is CCN(CCN(Cc1ccc(-c2ccc(C(F)(F)F)cc2)cc1)C(=O)Cn1c(SCc2cccc(F)c2F)cc(=O)c2ccccc21)C(=O)OC(C)(C)C. The van der Waals surface area contributed by atoms with Gasteiger partial charge in [-0.3, -0.25) is 9.59 Å². The number of alkyl halides is 3. The number of ether oxygens (including phenoxy) is 1. The van der Waals surface area contributed by atoms with Crippen LogP contribution in [0.4, 0.5) is 26.7 Å². The number of hydrogen-bond acceptors (Lipinski definition) is 5. The van der Waals surface area contributed by atoms with Crippen LogP contribution >= 0.6 is 11.8 Å². The van der Waals surface area contributed by atoms with Gasteiger partial charge in [0.05, 0.1) is 16.1 Å². The summed E-state index contributed by atoms with van der Waals surface area (Å²) in [5.41, 5.74) is 0.797. The lowest BCUT2D eigenvalue weighted by molar-refractivity contribution is -0.137. The van der Waals surface area contributed by atoms with Gasteiger partial charge in [0.2, 0.25) is 5.91 Å². The first-order valence-electron chi connectivity index (χ1n) is 17.2. The van der Waals surface area contributed by atoms with Crippen molar-refractivity contribution in [3.05, 3.63) is 136 Å². The molecule has 0 saturated heterocycles. The average molecular weight is 766 g/mol. The van der Waals surface area contributed by atoms with Crippen LogP contribution in [0.3, 0.4) is 0 Å². The number of amides is 2. The lowest BCUT2D eigenvalue weighted by Crippen LogP contribution is -2.43. The van der Waals surface area contributed by atoms with Gasteiger partial charge in [0.15, 0.2) is 17.1 Å². The number of benzene rings is 4. The van der Waals surface area contributed by atoms with Crippen LogP contribution in [-0.4, -0.2) is 51.6 Å². The summed E-state index contributed by atoms with van der Waals surface area (Å²) in [6, 6.07) is 24.0. The highest BCUT2D eigenvalue weighted by Crippen LogP contribution is 2.31. The Morgan fingerprint density at radius 3 is 2.07 bits per heavy atom. The maximum atomic E-state index is 14.6. The molecule has 2 amide bonds. The maximum absolute atomic E-state index is 14.6. The molecule has 5 aromatic rings. The first-order chi connectivity index (χ1) is 25.5. The minimum absolute atomic E-state index is 0.00803. The first kappa shape index (κ1) is 40.0. The Hall–Kier alpha value is -5.17. The molecule has 0 radical (unpaired) electrons. The molecule has 0 atom stereocenters. The molecule has 4 aromatic carbocycles. The highest BCUT2D eigenvalue weighted by Gasteiger charge is 2.30. The lowest BCUT2D eigenvalue weighted by atomic mass is 10.0. The molecule has 13 heteroatoms. The molecule has 0 aliphatic rings. The van der Waals surface area contributed by atoms with Crippen LogP contribution in [0.1, 0.15) is 44.4 Å². The topological polar surface area (TPSA) is 71.8 Å². The lowest BCUT2D eigenvalue weighted by Gasteiger charge is -2.30. The molecule has 0 unspecified atom stereocenters. The van der Waals surface area contributed by atoms with Crippen LogP contribution in [0.2, 0.25) is 0 Å². The summed E-state index contributed by atoms with van der Waals surface area (Å²) in [6.07, 6.45) is -4.98. The standard InChI is InChI=1S/C41H40F5N3O4S/c1-5-47(39(52)53-40(2,3)4)21-22-48(24-27-13-15-28(16-14-27)29-17-19-31(20-18-29)41(44,45)46)36(51)25-49-34-12-7-6-10-32(34)35(50)23-37(49)54-26-30-9-8-11-33(42)38(30)43/h6-20,23H,5,21-22,24-26H2,1-4H3. The van der Waals surface area contributed by atoms with Crippen molar-refractivity contribution in [1.29, 1.82) is 0 Å². The van der Waals surface area contributed by atoms with E-state index in [1.54, 1.807) is 85.7 Å². The second kappa shape index (κ2) is 16.9. The van der Waals surface area contributed by atoms with Crippen molar-refractivity contribution in [1.82, 2.24) is 14.4 Å². The molecule has 0 aliphatic carbocycles. The largest absolute Gasteiger partial charge is 0.444 e. The molecule has 0 bridgehead atoms. The van der Waals surface area contributed by atoms with Gasteiger partial charge in [0, 0.05) is 48.9 Å². The number of aromatic nitrogens is 1. The van der Waals surface area contributed by atoms with E-state index in [9.17, 15) is 36.3 Å². The number of rotatable bonds is 12. The number of carbonyl (C=O) groups excluding carboxylic acids is 2. The quantitative estimate of drug-likeness (QED) is 0.0935. The van der Waals surface area contributed by atoms with Crippen LogP contribution < -0.4 is 5.43 Å². The van der Waals surface area contributed by atoms with Crippen LogP contribution in [0.5, 0.6) is 0 Å². The number of carbonyl (C=O) groups is 2. The monoisotopic (exact) mass is 765 g/mol. The van der Waals surface area contributed by atoms with Crippen molar-refractivity contribution in [2.75, 3.05) is 19.6 Å². The van der Waals surface area contributed by atoms with Gasteiger partial charge in [-0.2, -0.15) is 13.2 Å². The highest BCUT2D eigenvalue weighted by molar-refractivity contribution is 7.98. The predicted molar refractivity (Wildman–Crippen MR) is 200 cm³/mol. The molecule has 284 valence electrons. The molecule has 0 spiro atoms. The molecule has 1 heterocycles. The third-order valence-electron chi connectivity index (χ3n) is 8.58. The second-order valence-corrected chi connectivity index (χ2v) is 14.6. The molecule has 0 aliphatic heterocycles. The van der Waals surface area contributed by atoms with Crippen molar-refractivity contribution in [2.45, 2.75) is 63.3 Å². The summed E-state index contributed by atoms with van der Waals surface area (Å²) in [4.78, 5) is 43.6. The third-order valence-corrected chi connectivity index (χ3v) is 9.67. The third kappa shape index (κ3) is 10.1. The summed E-state index contributed by atoms with van der Waals surface area (Å²) in [5.74, 6) is -2.34. The van der Waals surface area contributed by atoms with Crippen LogP contribution in [0.25, 0.3) is 22.0 Å². The predicted octanol–water partition coefficient (Wildman–Crippen LogP) is 9.54. The van der Waals surface area contributed by atoms with E-state index < -0.39 is 35.1 Å². The second-order valence-electron chi connectivity index (χ2n) is 13.6. The van der Waals surface area contributed by atoms with Gasteiger partial charge >= 0.3 is 12.3 Å². The summed E-state index contributed by atoms with van der Waals surface area (Å²) in [7, 11) is 0. The number of thioether (sulfide) groups is 1. The van der Waals surface area contributed by atoms with Crippen LogP contribution in [0, 0.1) is 11.6 Å². The molecule has 0 fully saturated rings. The van der Waals surface area contributed by atoms with Gasteiger partial charge in [0.1, 0.15) is 12.1 Å². The Bertz CT molecular complexity index is 2160. The number of likely N-dealkylation sites (N-methyl/N-ethyl adjacent to an activating group) is 1. The molecule has 0 saturated carbocycles. The van der Waals surface area contributed by atoms with Crippen LogP contribution in [-0.2, 0) is 34.6 Å². The summed E-state index contributed by atoms with van der Waals surface area (Å²) in [6.45, 7) is 7.55. The average Bonchev–Trinajstić information content (AvgIpc) is 3.12. The first-order valence-corrected chi connectivity index (χ1v) is 18.2. The van der Waals surface area contributed by atoms with E-state index in [1.807, 2.05) is 0 Å². The summed E-state index contributed by atoms with van der Waals surface area (Å²) < 4.78 is 75.1. The zero-order valence-electron chi connectivity index (χ0n) is 30.3. The molecule has 54 heavy (non-hydrogen) atoms.